The minimum atomic E-state index is 0.0117. The van der Waals surface area contributed by atoms with Crippen LogP contribution in [-0.4, -0.2) is 19.3 Å². The van der Waals surface area contributed by atoms with Crippen LogP contribution >= 0.6 is 0 Å². The molecule has 0 aromatic heterocycles. The van der Waals surface area contributed by atoms with Crippen LogP contribution in [0.25, 0.3) is 0 Å². The molecular formula is C13H15NO3. The molecule has 1 saturated carbocycles. The lowest BCUT2D eigenvalue weighted by Gasteiger charge is -2.24. The monoisotopic (exact) mass is 233 g/mol. The van der Waals surface area contributed by atoms with Gasteiger partial charge in [0.25, 0.3) is 0 Å². The lowest BCUT2D eigenvalue weighted by Crippen LogP contribution is -2.28. The van der Waals surface area contributed by atoms with E-state index in [1.165, 1.54) is 7.11 Å². The molecule has 1 aliphatic carbocycles. The molecule has 0 heterocycles. The molecule has 0 saturated heterocycles. The van der Waals surface area contributed by atoms with Crippen LogP contribution in [0.2, 0.25) is 0 Å². The van der Waals surface area contributed by atoms with Gasteiger partial charge < -0.3 is 10.1 Å². The smallest absolute Gasteiger partial charge is 0.227 e. The first-order valence-corrected chi connectivity index (χ1v) is 5.68. The summed E-state index contributed by atoms with van der Waals surface area (Å²) < 4.78 is 5.15. The third kappa shape index (κ3) is 2.46. The first kappa shape index (κ1) is 11.6. The molecule has 90 valence electrons. The van der Waals surface area contributed by atoms with Crippen LogP contribution in [0.1, 0.15) is 29.6 Å². The van der Waals surface area contributed by atoms with E-state index < -0.39 is 0 Å². The molecule has 1 aromatic carbocycles. The van der Waals surface area contributed by atoms with Gasteiger partial charge in [-0.1, -0.05) is 6.42 Å². The quantitative estimate of drug-likeness (QED) is 0.811. The first-order valence-electron chi connectivity index (χ1n) is 5.68. The zero-order chi connectivity index (χ0) is 12.3. The highest BCUT2D eigenvalue weighted by Crippen LogP contribution is 2.30. The van der Waals surface area contributed by atoms with Gasteiger partial charge in [-0.3, -0.25) is 9.59 Å². The second-order valence-corrected chi connectivity index (χ2v) is 4.19. The maximum Gasteiger partial charge on any atom is 0.227 e. The molecule has 1 N–H and O–H groups in total. The third-order valence-electron chi connectivity index (χ3n) is 3.09. The lowest BCUT2D eigenvalue weighted by molar-refractivity contribution is -0.122. The minimum absolute atomic E-state index is 0.0117. The summed E-state index contributed by atoms with van der Waals surface area (Å²) in [6.45, 7) is 0. The summed E-state index contributed by atoms with van der Waals surface area (Å²) in [4.78, 5) is 22.5. The summed E-state index contributed by atoms with van der Waals surface area (Å²) >= 11 is 0. The molecule has 17 heavy (non-hydrogen) atoms. The van der Waals surface area contributed by atoms with Gasteiger partial charge in [-0.2, -0.15) is 0 Å². The highest BCUT2D eigenvalue weighted by Gasteiger charge is 2.25. The van der Waals surface area contributed by atoms with E-state index in [0.717, 1.165) is 25.5 Å². The van der Waals surface area contributed by atoms with E-state index in [9.17, 15) is 9.59 Å². The van der Waals surface area contributed by atoms with Gasteiger partial charge in [-0.05, 0) is 31.0 Å². The zero-order valence-electron chi connectivity index (χ0n) is 9.73. The Morgan fingerprint density at radius 1 is 1.47 bits per heavy atom. The lowest BCUT2D eigenvalue weighted by atomic mass is 9.85. The standard InChI is InChI=1S/C13H15NO3/c1-17-12-6-5-9(8-15)7-11(12)14-13(16)10-3-2-4-10/h5-8,10H,2-4H2,1H3,(H,14,16). The van der Waals surface area contributed by atoms with Crippen molar-refractivity contribution in [1.29, 1.82) is 0 Å². The van der Waals surface area contributed by atoms with E-state index >= 15 is 0 Å². The van der Waals surface area contributed by atoms with Gasteiger partial charge in [0.05, 0.1) is 12.8 Å². The van der Waals surface area contributed by atoms with Crippen LogP contribution in [0.3, 0.4) is 0 Å². The molecule has 0 atom stereocenters. The molecular weight excluding hydrogens is 218 g/mol. The Morgan fingerprint density at radius 2 is 2.24 bits per heavy atom. The molecule has 0 unspecified atom stereocenters. The summed E-state index contributed by atoms with van der Waals surface area (Å²) in [5.74, 6) is 0.695. The van der Waals surface area contributed by atoms with Crippen LogP contribution in [-0.2, 0) is 4.79 Å². The summed E-state index contributed by atoms with van der Waals surface area (Å²) in [6.07, 6.45) is 3.76. The van der Waals surface area contributed by atoms with Gasteiger partial charge in [0.1, 0.15) is 12.0 Å². The van der Waals surface area contributed by atoms with Crippen LogP contribution < -0.4 is 10.1 Å². The van der Waals surface area contributed by atoms with Gasteiger partial charge >= 0.3 is 0 Å². The molecule has 1 amide bonds. The maximum absolute atomic E-state index is 11.8. The van der Waals surface area contributed by atoms with Crippen molar-refractivity contribution in [2.24, 2.45) is 5.92 Å². The summed E-state index contributed by atoms with van der Waals surface area (Å²) in [5.41, 5.74) is 1.09. The molecule has 0 aliphatic heterocycles. The van der Waals surface area contributed by atoms with Crippen molar-refractivity contribution >= 4 is 17.9 Å². The highest BCUT2D eigenvalue weighted by molar-refractivity contribution is 5.95. The Labute approximate surface area is 100.0 Å². The topological polar surface area (TPSA) is 55.4 Å². The summed E-state index contributed by atoms with van der Waals surface area (Å²) in [6, 6.07) is 4.97. The Kier molecular flexibility index (Phi) is 3.42. The number of hydrogen-bond donors (Lipinski definition) is 1. The number of aldehydes is 1. The van der Waals surface area contributed by atoms with Gasteiger partial charge in [-0.25, -0.2) is 0 Å². The van der Waals surface area contributed by atoms with Crippen molar-refractivity contribution in [3.05, 3.63) is 23.8 Å². The fourth-order valence-corrected chi connectivity index (χ4v) is 1.80. The van der Waals surface area contributed by atoms with Crippen molar-refractivity contribution in [3.8, 4) is 5.75 Å². The predicted molar refractivity (Wildman–Crippen MR) is 64.4 cm³/mol. The first-order chi connectivity index (χ1) is 8.24. The number of carbonyl (C=O) groups is 2. The van der Waals surface area contributed by atoms with E-state index in [1.807, 2.05) is 0 Å². The van der Waals surface area contributed by atoms with Crippen molar-refractivity contribution < 1.29 is 14.3 Å². The van der Waals surface area contributed by atoms with Gasteiger partial charge in [0, 0.05) is 11.5 Å². The van der Waals surface area contributed by atoms with E-state index in [2.05, 4.69) is 5.32 Å². The Bertz CT molecular complexity index is 438. The molecule has 4 nitrogen and oxygen atoms in total. The zero-order valence-corrected chi connectivity index (χ0v) is 9.73. The number of ether oxygens (including phenoxy) is 1. The normalized spacial score (nSPS) is 14.9. The molecule has 2 rings (SSSR count). The number of amides is 1. The molecule has 0 spiro atoms. The van der Waals surface area contributed by atoms with E-state index in [-0.39, 0.29) is 11.8 Å². The average molecular weight is 233 g/mol. The Balaban J connectivity index is 2.16. The highest BCUT2D eigenvalue weighted by atomic mass is 16.5. The maximum atomic E-state index is 11.8. The summed E-state index contributed by atoms with van der Waals surface area (Å²) in [5, 5.41) is 2.82. The predicted octanol–water partition coefficient (Wildman–Crippen LogP) is 2.25. The van der Waals surface area contributed by atoms with Crippen molar-refractivity contribution in [3.63, 3.8) is 0 Å². The van der Waals surface area contributed by atoms with Gasteiger partial charge in [-0.15, -0.1) is 0 Å². The van der Waals surface area contributed by atoms with Gasteiger partial charge in [0.15, 0.2) is 0 Å². The van der Waals surface area contributed by atoms with Crippen molar-refractivity contribution in [1.82, 2.24) is 0 Å². The molecule has 0 bridgehead atoms. The molecule has 1 aromatic rings. The van der Waals surface area contributed by atoms with Gasteiger partial charge in [0.2, 0.25) is 5.91 Å². The number of methoxy groups -OCH3 is 1. The van der Waals surface area contributed by atoms with Crippen LogP contribution in [0.5, 0.6) is 5.75 Å². The fourth-order valence-electron chi connectivity index (χ4n) is 1.80. The van der Waals surface area contributed by atoms with Crippen LogP contribution in [0, 0.1) is 5.92 Å². The number of hydrogen-bond acceptors (Lipinski definition) is 3. The van der Waals surface area contributed by atoms with E-state index in [1.54, 1.807) is 18.2 Å². The number of nitrogens with one attached hydrogen (secondary N) is 1. The van der Waals surface area contributed by atoms with Crippen LogP contribution in [0.4, 0.5) is 5.69 Å². The Morgan fingerprint density at radius 3 is 2.76 bits per heavy atom. The van der Waals surface area contributed by atoms with Crippen molar-refractivity contribution in [2.45, 2.75) is 19.3 Å². The number of carbonyl (C=O) groups excluding carboxylic acids is 2. The second kappa shape index (κ2) is 4.99. The minimum Gasteiger partial charge on any atom is -0.495 e. The van der Waals surface area contributed by atoms with E-state index in [0.29, 0.717) is 17.0 Å². The molecule has 4 heteroatoms. The largest absolute Gasteiger partial charge is 0.495 e. The summed E-state index contributed by atoms with van der Waals surface area (Å²) in [7, 11) is 1.54. The van der Waals surface area contributed by atoms with Crippen LogP contribution in [0.15, 0.2) is 18.2 Å². The van der Waals surface area contributed by atoms with E-state index in [4.69, 9.17) is 4.74 Å². The SMILES string of the molecule is COc1ccc(C=O)cc1NC(=O)C1CCC1. The average Bonchev–Trinajstić information content (AvgIpc) is 2.26. The van der Waals surface area contributed by atoms with Crippen molar-refractivity contribution in [2.75, 3.05) is 12.4 Å². The Hall–Kier alpha value is -1.84. The molecule has 0 radical (unpaired) electrons. The molecule has 1 fully saturated rings. The number of benzene rings is 1. The number of anilines is 1. The third-order valence-corrected chi connectivity index (χ3v) is 3.09. The second-order valence-electron chi connectivity index (χ2n) is 4.19. The fraction of sp³-hybridized carbons (Fsp3) is 0.385. The number of rotatable bonds is 4. The molecule has 1 aliphatic rings.